The quantitative estimate of drug-likeness (QED) is 0.436. The van der Waals surface area contributed by atoms with Crippen molar-refractivity contribution < 1.29 is 0 Å². The molecule has 21 heavy (non-hydrogen) atoms. The summed E-state index contributed by atoms with van der Waals surface area (Å²) in [6.45, 7) is 6.71. The van der Waals surface area contributed by atoms with Gasteiger partial charge < -0.3 is 0 Å². The van der Waals surface area contributed by atoms with Gasteiger partial charge in [-0.3, -0.25) is 0 Å². The molecule has 0 bridgehead atoms. The molecule has 0 aliphatic rings. The van der Waals surface area contributed by atoms with Gasteiger partial charge in [-0.05, 0) is 56.7 Å². The Hall–Kier alpha value is -0.900. The number of hydrogen-bond acceptors (Lipinski definition) is 2. The van der Waals surface area contributed by atoms with Crippen LogP contribution in [0.1, 0.15) is 26.3 Å². The van der Waals surface area contributed by atoms with Crippen molar-refractivity contribution >= 4 is 38.6 Å². The van der Waals surface area contributed by atoms with Gasteiger partial charge in [0.1, 0.15) is 0 Å². The number of benzene rings is 1. The van der Waals surface area contributed by atoms with E-state index < -0.39 is 0 Å². The summed E-state index contributed by atoms with van der Waals surface area (Å²) >= 11 is 6.50. The van der Waals surface area contributed by atoms with Crippen molar-refractivity contribution in [2.75, 3.05) is 0 Å². The first-order chi connectivity index (χ1) is 9.97. The molecule has 3 aromatic rings. The lowest BCUT2D eigenvalue weighted by molar-refractivity contribution is 0.590. The van der Waals surface area contributed by atoms with Gasteiger partial charge >= 0.3 is 0 Å². The lowest BCUT2D eigenvalue weighted by Crippen LogP contribution is -2.10. The van der Waals surface area contributed by atoms with Crippen LogP contribution in [0, 0.1) is 10.8 Å². The molecule has 0 amide bonds. The zero-order valence-corrected chi connectivity index (χ0v) is 15.5. The monoisotopic (exact) mass is 376 g/mol. The van der Waals surface area contributed by atoms with E-state index in [-0.39, 0.29) is 5.41 Å². The zero-order valence-electron chi connectivity index (χ0n) is 12.3. The van der Waals surface area contributed by atoms with Crippen molar-refractivity contribution in [3.05, 3.63) is 68.6 Å². The van der Waals surface area contributed by atoms with Crippen LogP contribution in [0.25, 0.3) is 10.4 Å². The van der Waals surface area contributed by atoms with Crippen LogP contribution in [0.15, 0.2) is 52.3 Å². The molecule has 0 aliphatic carbocycles. The van der Waals surface area contributed by atoms with E-state index >= 15 is 0 Å². The van der Waals surface area contributed by atoms with Crippen LogP contribution < -0.4 is 0 Å². The molecule has 0 atom stereocenters. The Labute approximate surface area is 143 Å². The number of hydrogen-bond donors (Lipinski definition) is 0. The number of halogens is 1. The van der Waals surface area contributed by atoms with Crippen molar-refractivity contribution in [3.8, 4) is 10.4 Å². The fourth-order valence-electron chi connectivity index (χ4n) is 1.75. The van der Waals surface area contributed by atoms with E-state index in [1.165, 1.54) is 16.0 Å². The normalized spacial score (nSPS) is 10.9. The van der Waals surface area contributed by atoms with Gasteiger partial charge in [0, 0.05) is 15.6 Å². The Bertz CT molecular complexity index is 630. The van der Waals surface area contributed by atoms with E-state index in [0.717, 1.165) is 3.79 Å². The average Bonchev–Trinajstić information content (AvgIpc) is 3.11. The van der Waals surface area contributed by atoms with Gasteiger partial charge in [-0.2, -0.15) is 0 Å². The Balaban J connectivity index is 0.000000225. The molecule has 108 valence electrons. The smallest absolute Gasteiger partial charge is 0.0705 e. The molecule has 2 heterocycles. The molecular weight excluding hydrogens is 360 g/mol. The highest BCUT2D eigenvalue weighted by molar-refractivity contribution is 9.11. The standard InChI is InChI=1S/C14H15S.C4H2BrS/c1-14(2,3)12-8-6-11(7-9-12)13-5-4-10-15-13;5-4-2-1-3-6-4/h4-9H,1-3H3;1-2H. The fourth-order valence-corrected chi connectivity index (χ4v) is 3.21. The van der Waals surface area contributed by atoms with Crippen molar-refractivity contribution in [1.29, 1.82) is 0 Å². The predicted octanol–water partition coefficient (Wildman–Crippen LogP) is 6.82. The molecule has 0 unspecified atom stereocenters. The van der Waals surface area contributed by atoms with Crippen molar-refractivity contribution in [2.45, 2.75) is 26.2 Å². The molecule has 0 saturated carbocycles. The van der Waals surface area contributed by atoms with Crippen LogP contribution >= 0.6 is 38.6 Å². The zero-order chi connectivity index (χ0) is 15.3. The Morgan fingerprint density at radius 3 is 1.86 bits per heavy atom. The molecule has 3 heteroatoms. The summed E-state index contributed by atoms with van der Waals surface area (Å²) < 4.78 is 1.14. The minimum absolute atomic E-state index is 0.236. The molecule has 0 spiro atoms. The highest BCUT2D eigenvalue weighted by Gasteiger charge is 2.12. The summed E-state index contributed by atoms with van der Waals surface area (Å²) in [6, 6.07) is 16.7. The van der Waals surface area contributed by atoms with Crippen LogP contribution in [0.2, 0.25) is 0 Å². The van der Waals surface area contributed by atoms with Crippen LogP contribution in [0.3, 0.4) is 0 Å². The Morgan fingerprint density at radius 2 is 1.48 bits per heavy atom. The third-order valence-electron chi connectivity index (χ3n) is 2.95. The van der Waals surface area contributed by atoms with E-state index in [9.17, 15) is 0 Å². The maximum Gasteiger partial charge on any atom is 0.0705 e. The van der Waals surface area contributed by atoms with E-state index in [0.29, 0.717) is 0 Å². The molecular formula is C18H17BrS2. The van der Waals surface area contributed by atoms with Crippen molar-refractivity contribution in [2.24, 2.45) is 0 Å². The second kappa shape index (κ2) is 7.39. The summed E-state index contributed by atoms with van der Waals surface area (Å²) in [6.07, 6.45) is 0. The minimum Gasteiger partial charge on any atom is -0.134 e. The van der Waals surface area contributed by atoms with Gasteiger partial charge in [0.05, 0.1) is 3.79 Å². The van der Waals surface area contributed by atoms with Crippen molar-refractivity contribution in [1.82, 2.24) is 0 Å². The second-order valence-corrected chi connectivity index (χ2v) is 8.74. The lowest BCUT2D eigenvalue weighted by atomic mass is 9.86. The summed E-state index contributed by atoms with van der Waals surface area (Å²) in [5, 5.41) is 6.04. The van der Waals surface area contributed by atoms with Gasteiger partial charge in [-0.15, -0.1) is 22.7 Å². The van der Waals surface area contributed by atoms with Crippen LogP contribution in [0.4, 0.5) is 0 Å². The molecule has 2 aromatic heterocycles. The highest BCUT2D eigenvalue weighted by Crippen LogP contribution is 2.28. The van der Waals surface area contributed by atoms with Gasteiger partial charge in [0.2, 0.25) is 0 Å². The number of rotatable bonds is 1. The molecule has 2 radical (unpaired) electrons. The molecule has 0 saturated heterocycles. The SMILES string of the molecule is Brc1cc[c]s1.CC(C)(C)c1ccc(-c2cc[c]s2)cc1. The summed E-state index contributed by atoms with van der Waals surface area (Å²) in [4.78, 5) is 1.29. The van der Waals surface area contributed by atoms with Crippen LogP contribution in [0.5, 0.6) is 0 Å². The Morgan fingerprint density at radius 1 is 0.857 bits per heavy atom. The first-order valence-corrected chi connectivity index (χ1v) is 9.07. The molecule has 0 fully saturated rings. The average molecular weight is 377 g/mol. The Kier molecular flexibility index (Phi) is 5.80. The van der Waals surface area contributed by atoms with Crippen LogP contribution in [-0.2, 0) is 5.41 Å². The predicted molar refractivity (Wildman–Crippen MR) is 98.1 cm³/mol. The largest absolute Gasteiger partial charge is 0.134 e. The highest BCUT2D eigenvalue weighted by atomic mass is 79.9. The minimum atomic E-state index is 0.236. The molecule has 1 aromatic carbocycles. The third kappa shape index (κ3) is 5.10. The summed E-state index contributed by atoms with van der Waals surface area (Å²) in [5.74, 6) is 0. The van der Waals surface area contributed by atoms with E-state index in [1.807, 2.05) is 18.2 Å². The summed E-state index contributed by atoms with van der Waals surface area (Å²) in [5.41, 5.74) is 2.90. The second-order valence-electron chi connectivity index (χ2n) is 5.60. The molecule has 0 aliphatic heterocycles. The number of thiophene rings is 2. The van der Waals surface area contributed by atoms with Gasteiger partial charge in [-0.1, -0.05) is 45.0 Å². The third-order valence-corrected chi connectivity index (χ3v) is 5.13. The maximum atomic E-state index is 3.27. The van der Waals surface area contributed by atoms with Gasteiger partial charge in [0.15, 0.2) is 0 Å². The topological polar surface area (TPSA) is 0 Å². The van der Waals surface area contributed by atoms with E-state index in [2.05, 4.69) is 77.8 Å². The molecule has 0 nitrogen and oxygen atoms in total. The first kappa shape index (κ1) is 16.5. The van der Waals surface area contributed by atoms with E-state index in [1.54, 1.807) is 22.7 Å². The fraction of sp³-hybridized carbons (Fsp3) is 0.222. The van der Waals surface area contributed by atoms with Crippen LogP contribution in [-0.4, -0.2) is 0 Å². The van der Waals surface area contributed by atoms with Gasteiger partial charge in [-0.25, -0.2) is 0 Å². The molecule has 0 N–H and O–H groups in total. The molecule has 3 rings (SSSR count). The lowest BCUT2D eigenvalue weighted by Gasteiger charge is -2.18. The maximum absolute atomic E-state index is 3.27. The summed E-state index contributed by atoms with van der Waals surface area (Å²) in [7, 11) is 0. The van der Waals surface area contributed by atoms with Crippen molar-refractivity contribution in [3.63, 3.8) is 0 Å². The first-order valence-electron chi connectivity index (χ1n) is 6.65. The van der Waals surface area contributed by atoms with E-state index in [4.69, 9.17) is 0 Å². The van der Waals surface area contributed by atoms with Gasteiger partial charge in [0.25, 0.3) is 0 Å².